The van der Waals surface area contributed by atoms with Gasteiger partial charge in [0.2, 0.25) is 0 Å². The normalized spacial score (nSPS) is 16.6. The first kappa shape index (κ1) is 17.5. The summed E-state index contributed by atoms with van der Waals surface area (Å²) in [5.41, 5.74) is 1.82. The van der Waals surface area contributed by atoms with E-state index < -0.39 is 17.7 Å². The Kier molecular flexibility index (Phi) is 5.46. The minimum absolute atomic E-state index is 0.161. The summed E-state index contributed by atoms with van der Waals surface area (Å²) in [6.07, 6.45) is 4.61. The van der Waals surface area contributed by atoms with Crippen molar-refractivity contribution < 1.29 is 19.1 Å². The van der Waals surface area contributed by atoms with E-state index in [1.807, 2.05) is 18.2 Å². The average Bonchev–Trinajstić information content (AvgIpc) is 2.44. The molecule has 5 nitrogen and oxygen atoms in total. The summed E-state index contributed by atoms with van der Waals surface area (Å²) in [5.74, 6) is -2.63. The van der Waals surface area contributed by atoms with Crippen molar-refractivity contribution in [3.63, 3.8) is 0 Å². The molecule has 0 amide bonds. The minimum Gasteiger partial charge on any atom is -0.419 e. The summed E-state index contributed by atoms with van der Waals surface area (Å²) in [4.78, 5) is 23.7. The first-order chi connectivity index (χ1) is 10.8. The Labute approximate surface area is 144 Å². The van der Waals surface area contributed by atoms with Crippen LogP contribution in [0.4, 0.5) is 5.69 Å². The Morgan fingerprint density at radius 1 is 1.22 bits per heavy atom. The van der Waals surface area contributed by atoms with E-state index in [0.717, 1.165) is 29.4 Å². The maximum Gasteiger partial charge on any atom is 0.350 e. The van der Waals surface area contributed by atoms with Gasteiger partial charge in [0.1, 0.15) is 0 Å². The van der Waals surface area contributed by atoms with E-state index in [9.17, 15) is 9.59 Å². The third kappa shape index (κ3) is 4.58. The highest BCUT2D eigenvalue weighted by Crippen LogP contribution is 2.26. The number of carbonyl (C=O) groups excluding carboxylic acids is 2. The molecule has 0 radical (unpaired) electrons. The highest BCUT2D eigenvalue weighted by Gasteiger charge is 2.38. The second kappa shape index (κ2) is 7.17. The van der Waals surface area contributed by atoms with Crippen molar-refractivity contribution >= 4 is 33.6 Å². The fourth-order valence-electron chi connectivity index (χ4n) is 2.14. The molecule has 1 aliphatic rings. The van der Waals surface area contributed by atoms with Gasteiger partial charge in [-0.2, -0.15) is 0 Å². The molecule has 1 aromatic rings. The van der Waals surface area contributed by atoms with Gasteiger partial charge in [-0.3, -0.25) is 0 Å². The minimum atomic E-state index is -1.23. The Morgan fingerprint density at radius 3 is 2.43 bits per heavy atom. The third-order valence-electron chi connectivity index (χ3n) is 3.34. The van der Waals surface area contributed by atoms with Gasteiger partial charge in [-0.25, -0.2) is 9.59 Å². The average molecular weight is 382 g/mol. The quantitative estimate of drug-likeness (QED) is 0.475. The highest BCUT2D eigenvalue weighted by molar-refractivity contribution is 9.10. The molecule has 0 saturated carbocycles. The Morgan fingerprint density at radius 2 is 1.87 bits per heavy atom. The SMILES string of the molecule is CCCCc1ccc(NC=C2C(=O)OC(C)(C)OC2=O)c(Br)c1. The van der Waals surface area contributed by atoms with Crippen molar-refractivity contribution in [3.8, 4) is 0 Å². The van der Waals surface area contributed by atoms with Crippen molar-refractivity contribution in [3.05, 3.63) is 40.0 Å². The summed E-state index contributed by atoms with van der Waals surface area (Å²) >= 11 is 3.49. The molecule has 0 unspecified atom stereocenters. The number of hydrogen-bond donors (Lipinski definition) is 1. The second-order valence-electron chi connectivity index (χ2n) is 5.80. The van der Waals surface area contributed by atoms with Crippen LogP contribution in [0.15, 0.2) is 34.4 Å². The predicted octanol–water partition coefficient (Wildman–Crippen LogP) is 3.92. The third-order valence-corrected chi connectivity index (χ3v) is 4.00. The number of rotatable bonds is 5. The molecule has 2 rings (SSSR count). The number of anilines is 1. The van der Waals surface area contributed by atoms with Crippen LogP contribution in [0.3, 0.4) is 0 Å². The van der Waals surface area contributed by atoms with Gasteiger partial charge in [-0.05, 0) is 46.5 Å². The number of cyclic esters (lactones) is 2. The zero-order valence-electron chi connectivity index (χ0n) is 13.4. The zero-order valence-corrected chi connectivity index (χ0v) is 15.0. The number of esters is 2. The highest BCUT2D eigenvalue weighted by atomic mass is 79.9. The molecule has 1 heterocycles. The lowest BCUT2D eigenvalue weighted by Crippen LogP contribution is -2.42. The van der Waals surface area contributed by atoms with Crippen molar-refractivity contribution in [1.29, 1.82) is 0 Å². The van der Waals surface area contributed by atoms with Crippen molar-refractivity contribution in [2.75, 3.05) is 5.32 Å². The van der Waals surface area contributed by atoms with Gasteiger partial charge in [0.15, 0.2) is 5.57 Å². The first-order valence-electron chi connectivity index (χ1n) is 7.54. The fourth-order valence-corrected chi connectivity index (χ4v) is 2.68. The number of halogens is 1. The molecule has 1 N–H and O–H groups in total. The van der Waals surface area contributed by atoms with Crippen LogP contribution in [-0.2, 0) is 25.5 Å². The summed E-state index contributed by atoms with van der Waals surface area (Å²) in [5, 5.41) is 2.94. The summed E-state index contributed by atoms with van der Waals surface area (Å²) < 4.78 is 10.9. The van der Waals surface area contributed by atoms with Crippen LogP contribution in [0.1, 0.15) is 39.2 Å². The van der Waals surface area contributed by atoms with Gasteiger partial charge in [0.05, 0.1) is 5.69 Å². The molecule has 0 bridgehead atoms. The van der Waals surface area contributed by atoms with Crippen LogP contribution in [0.5, 0.6) is 0 Å². The Balaban J connectivity index is 2.10. The molecule has 1 aromatic carbocycles. The van der Waals surface area contributed by atoms with Crippen LogP contribution < -0.4 is 5.32 Å². The largest absolute Gasteiger partial charge is 0.419 e. The van der Waals surface area contributed by atoms with Crippen LogP contribution in [0, 0.1) is 0 Å². The number of nitrogens with one attached hydrogen (secondary N) is 1. The second-order valence-corrected chi connectivity index (χ2v) is 6.65. The predicted molar refractivity (Wildman–Crippen MR) is 90.7 cm³/mol. The van der Waals surface area contributed by atoms with Gasteiger partial charge >= 0.3 is 11.9 Å². The van der Waals surface area contributed by atoms with Crippen molar-refractivity contribution in [1.82, 2.24) is 0 Å². The number of unbranched alkanes of at least 4 members (excludes halogenated alkanes) is 1. The van der Waals surface area contributed by atoms with Crippen LogP contribution >= 0.6 is 15.9 Å². The van der Waals surface area contributed by atoms with Crippen LogP contribution in [-0.4, -0.2) is 17.7 Å². The van der Waals surface area contributed by atoms with Crippen molar-refractivity contribution in [2.24, 2.45) is 0 Å². The maximum absolute atomic E-state index is 11.9. The zero-order chi connectivity index (χ0) is 17.0. The topological polar surface area (TPSA) is 64.6 Å². The lowest BCUT2D eigenvalue weighted by molar-refractivity contribution is -0.222. The van der Waals surface area contributed by atoms with E-state index in [-0.39, 0.29) is 5.57 Å². The lowest BCUT2D eigenvalue weighted by Gasteiger charge is -2.29. The van der Waals surface area contributed by atoms with E-state index >= 15 is 0 Å². The standard InChI is InChI=1S/C17H20BrNO4/c1-4-5-6-11-7-8-14(13(18)9-11)19-10-12-15(20)22-17(2,3)23-16(12)21/h7-10,19H,4-6H2,1-3H3. The molecule has 0 spiro atoms. The maximum atomic E-state index is 11.9. The van der Waals surface area contributed by atoms with E-state index in [4.69, 9.17) is 9.47 Å². The van der Waals surface area contributed by atoms with Gasteiger partial charge in [-0.15, -0.1) is 0 Å². The summed E-state index contributed by atoms with van der Waals surface area (Å²) in [7, 11) is 0. The number of carbonyl (C=O) groups is 2. The molecular weight excluding hydrogens is 362 g/mol. The molecule has 1 aliphatic heterocycles. The van der Waals surface area contributed by atoms with E-state index in [2.05, 4.69) is 28.2 Å². The monoisotopic (exact) mass is 381 g/mol. The number of benzene rings is 1. The fraction of sp³-hybridized carbons (Fsp3) is 0.412. The molecule has 23 heavy (non-hydrogen) atoms. The Bertz CT molecular complexity index is 630. The first-order valence-corrected chi connectivity index (χ1v) is 8.33. The van der Waals surface area contributed by atoms with Crippen molar-refractivity contribution in [2.45, 2.75) is 45.8 Å². The molecule has 0 aliphatic carbocycles. The van der Waals surface area contributed by atoms with E-state index in [1.165, 1.54) is 25.6 Å². The summed E-state index contributed by atoms with van der Waals surface area (Å²) in [6.45, 7) is 5.18. The Hall–Kier alpha value is -1.82. The van der Waals surface area contributed by atoms with Gasteiger partial charge in [0, 0.05) is 24.5 Å². The lowest BCUT2D eigenvalue weighted by atomic mass is 10.1. The van der Waals surface area contributed by atoms with E-state index in [1.54, 1.807) is 0 Å². The van der Waals surface area contributed by atoms with Gasteiger partial charge in [0.25, 0.3) is 5.79 Å². The van der Waals surface area contributed by atoms with Crippen LogP contribution in [0.25, 0.3) is 0 Å². The van der Waals surface area contributed by atoms with Crippen LogP contribution in [0.2, 0.25) is 0 Å². The smallest absolute Gasteiger partial charge is 0.350 e. The molecule has 6 heteroatoms. The molecule has 1 saturated heterocycles. The number of ether oxygens (including phenoxy) is 2. The number of aryl methyl sites for hydroxylation is 1. The molecular formula is C17H20BrNO4. The molecule has 0 aromatic heterocycles. The molecule has 1 fully saturated rings. The number of hydrogen-bond acceptors (Lipinski definition) is 5. The van der Waals surface area contributed by atoms with Gasteiger partial charge < -0.3 is 14.8 Å². The van der Waals surface area contributed by atoms with E-state index in [0.29, 0.717) is 0 Å². The molecule has 0 atom stereocenters. The molecule has 124 valence electrons. The summed E-state index contributed by atoms with van der Waals surface area (Å²) in [6, 6.07) is 5.94. The van der Waals surface area contributed by atoms with Gasteiger partial charge in [-0.1, -0.05) is 19.4 Å².